The lowest BCUT2D eigenvalue weighted by Crippen LogP contribution is -2.39. The molecule has 1 fully saturated rings. The summed E-state index contributed by atoms with van der Waals surface area (Å²) in [4.78, 5) is 17.5. The average Bonchev–Trinajstić information content (AvgIpc) is 3.62. The van der Waals surface area contributed by atoms with Crippen molar-refractivity contribution >= 4 is 29.1 Å². The van der Waals surface area contributed by atoms with Crippen LogP contribution in [-0.2, 0) is 20.9 Å². The summed E-state index contributed by atoms with van der Waals surface area (Å²) in [6.07, 6.45) is 11.3. The predicted molar refractivity (Wildman–Crippen MR) is 167 cm³/mol. The molecule has 0 amide bonds. The van der Waals surface area contributed by atoms with Crippen molar-refractivity contribution in [3.05, 3.63) is 87.4 Å². The highest BCUT2D eigenvalue weighted by Crippen LogP contribution is 2.43. The van der Waals surface area contributed by atoms with Crippen LogP contribution in [0.2, 0.25) is 0 Å². The van der Waals surface area contributed by atoms with Crippen molar-refractivity contribution in [2.45, 2.75) is 77.0 Å². The molecule has 3 aromatic rings. The number of carboxylic acids is 1. The zero-order valence-electron chi connectivity index (χ0n) is 24.0. The Kier molecular flexibility index (Phi) is 10.3. The minimum Gasteiger partial charge on any atom is -0.480 e. The zero-order valence-corrected chi connectivity index (χ0v) is 25.7. The van der Waals surface area contributed by atoms with Crippen LogP contribution in [0.4, 0.5) is 0 Å². The van der Waals surface area contributed by atoms with E-state index in [4.69, 9.17) is 9.47 Å². The molecule has 218 valence electrons. The van der Waals surface area contributed by atoms with Crippen LogP contribution in [-0.4, -0.2) is 40.3 Å². The summed E-state index contributed by atoms with van der Waals surface area (Å²) in [6.45, 7) is 4.69. The molecular weight excluding hydrogens is 553 g/mol. The molecule has 41 heavy (non-hydrogen) atoms. The van der Waals surface area contributed by atoms with Crippen molar-refractivity contribution in [3.63, 3.8) is 0 Å². The maximum absolute atomic E-state index is 11.8. The number of hydrogen-bond acceptors (Lipinski definition) is 7. The molecular formula is C33H40N2O4S2. The van der Waals surface area contributed by atoms with E-state index in [1.807, 2.05) is 17.8 Å². The van der Waals surface area contributed by atoms with Gasteiger partial charge < -0.3 is 14.6 Å². The lowest BCUT2D eigenvalue weighted by Gasteiger charge is -2.24. The van der Waals surface area contributed by atoms with Crippen LogP contribution in [0.25, 0.3) is 11.1 Å². The lowest BCUT2D eigenvalue weighted by atomic mass is 9.90. The van der Waals surface area contributed by atoms with Gasteiger partial charge in [0, 0.05) is 0 Å². The first-order chi connectivity index (χ1) is 19.9. The number of ether oxygens (including phenoxy) is 2. The van der Waals surface area contributed by atoms with Gasteiger partial charge in [-0.05, 0) is 97.8 Å². The molecule has 5 rings (SSSR count). The fourth-order valence-electron chi connectivity index (χ4n) is 5.66. The highest BCUT2D eigenvalue weighted by Gasteiger charge is 2.43. The van der Waals surface area contributed by atoms with Gasteiger partial charge in [-0.25, -0.2) is 4.98 Å². The summed E-state index contributed by atoms with van der Waals surface area (Å²) in [5.41, 5.74) is 8.58. The second-order valence-corrected chi connectivity index (χ2v) is 12.9. The number of nitrogens with zero attached hydrogens (tertiary/aromatic N) is 1. The van der Waals surface area contributed by atoms with E-state index in [0.29, 0.717) is 18.9 Å². The lowest BCUT2D eigenvalue weighted by molar-refractivity contribution is -0.139. The number of allylic oxidation sites excluding steroid dienone is 2. The van der Waals surface area contributed by atoms with Gasteiger partial charge in [0.15, 0.2) is 0 Å². The van der Waals surface area contributed by atoms with Gasteiger partial charge in [0.05, 0.1) is 28.8 Å². The van der Waals surface area contributed by atoms with Crippen LogP contribution in [0.15, 0.2) is 60.1 Å². The Morgan fingerprint density at radius 2 is 2.10 bits per heavy atom. The average molecular weight is 593 g/mol. The molecule has 1 aliphatic heterocycles. The third kappa shape index (κ3) is 7.67. The molecule has 0 bridgehead atoms. The van der Waals surface area contributed by atoms with E-state index < -0.39 is 12.0 Å². The highest BCUT2D eigenvalue weighted by molar-refractivity contribution is 7.98. The molecule has 2 aliphatic rings. The van der Waals surface area contributed by atoms with Crippen LogP contribution in [0.1, 0.15) is 71.6 Å². The van der Waals surface area contributed by atoms with Gasteiger partial charge in [-0.3, -0.25) is 10.1 Å². The molecule has 5 atom stereocenters. The van der Waals surface area contributed by atoms with Gasteiger partial charge in [0.25, 0.3) is 0 Å². The number of thioether (sulfide) groups is 1. The van der Waals surface area contributed by atoms with E-state index >= 15 is 0 Å². The summed E-state index contributed by atoms with van der Waals surface area (Å²) < 4.78 is 12.7. The van der Waals surface area contributed by atoms with Crippen LogP contribution in [0.5, 0.6) is 0 Å². The van der Waals surface area contributed by atoms with Crippen LogP contribution in [0.3, 0.4) is 0 Å². The predicted octanol–water partition coefficient (Wildman–Crippen LogP) is 7.62. The Labute approximate surface area is 251 Å². The summed E-state index contributed by atoms with van der Waals surface area (Å²) in [6, 6.07) is 14.2. The molecule has 0 saturated carbocycles. The van der Waals surface area contributed by atoms with E-state index in [9.17, 15) is 9.90 Å². The minimum absolute atomic E-state index is 0.00594. The molecule has 0 radical (unpaired) electrons. The van der Waals surface area contributed by atoms with E-state index in [0.717, 1.165) is 40.1 Å². The third-order valence-corrected chi connectivity index (χ3v) is 9.69. The van der Waals surface area contributed by atoms with Crippen molar-refractivity contribution in [3.8, 4) is 11.1 Å². The first kappa shape index (κ1) is 30.0. The van der Waals surface area contributed by atoms with Crippen molar-refractivity contribution in [1.82, 2.24) is 10.3 Å². The molecule has 4 unspecified atom stereocenters. The molecule has 2 heterocycles. The Balaban J connectivity index is 1.36. The molecule has 2 aromatic carbocycles. The van der Waals surface area contributed by atoms with Crippen LogP contribution >= 0.6 is 23.1 Å². The van der Waals surface area contributed by atoms with Gasteiger partial charge >= 0.3 is 5.97 Å². The van der Waals surface area contributed by atoms with Crippen molar-refractivity contribution in [2.75, 3.05) is 12.0 Å². The van der Waals surface area contributed by atoms with Gasteiger partial charge in [-0.2, -0.15) is 11.8 Å². The summed E-state index contributed by atoms with van der Waals surface area (Å²) in [7, 11) is 0. The van der Waals surface area contributed by atoms with E-state index in [1.165, 1.54) is 29.7 Å². The van der Waals surface area contributed by atoms with Crippen molar-refractivity contribution in [2.24, 2.45) is 5.92 Å². The fraction of sp³-hybridized carbons (Fsp3) is 0.455. The number of aryl methyl sites for hydroxylation is 2. The number of aliphatic carboxylic acids is 1. The Hall–Kier alpha value is -2.49. The molecule has 1 aliphatic carbocycles. The second-order valence-electron chi connectivity index (χ2n) is 11.0. The number of nitrogens with one attached hydrogen (secondary N) is 1. The number of epoxide rings is 1. The molecule has 0 spiro atoms. The van der Waals surface area contributed by atoms with Gasteiger partial charge in [-0.15, -0.1) is 11.3 Å². The SMILES string of the molecule is CSCC[C@H](NC1OC1c1ccc(COC(CC2C=CCCC2)c2scnc2C)cc1-c1ccccc1C)C(=O)O. The minimum atomic E-state index is -0.839. The van der Waals surface area contributed by atoms with E-state index in [2.05, 4.69) is 72.7 Å². The number of thiazole rings is 1. The third-order valence-electron chi connectivity index (χ3n) is 8.02. The molecule has 8 heteroatoms. The van der Waals surface area contributed by atoms with Gasteiger partial charge in [0.1, 0.15) is 18.4 Å². The number of carboxylic acid groups (broad SMARTS) is 1. The van der Waals surface area contributed by atoms with Gasteiger partial charge in [0.2, 0.25) is 0 Å². The number of hydrogen-bond donors (Lipinski definition) is 2. The molecule has 1 aromatic heterocycles. The first-order valence-corrected chi connectivity index (χ1v) is 16.7. The fourth-order valence-corrected chi connectivity index (χ4v) is 6.99. The number of rotatable bonds is 14. The quantitative estimate of drug-likeness (QED) is 0.147. The largest absolute Gasteiger partial charge is 0.480 e. The number of carbonyl (C=O) groups is 1. The number of benzene rings is 2. The summed E-state index contributed by atoms with van der Waals surface area (Å²) in [5, 5.41) is 12.9. The Morgan fingerprint density at radius 3 is 2.80 bits per heavy atom. The van der Waals surface area contributed by atoms with Crippen LogP contribution < -0.4 is 5.32 Å². The topological polar surface area (TPSA) is 84.0 Å². The Morgan fingerprint density at radius 1 is 1.24 bits per heavy atom. The zero-order chi connectivity index (χ0) is 28.8. The maximum atomic E-state index is 11.8. The van der Waals surface area contributed by atoms with Crippen molar-refractivity contribution < 1.29 is 19.4 Å². The van der Waals surface area contributed by atoms with Gasteiger partial charge in [-0.1, -0.05) is 48.6 Å². The number of aromatic nitrogens is 1. The first-order valence-electron chi connectivity index (χ1n) is 14.4. The molecule has 1 saturated heterocycles. The van der Waals surface area contributed by atoms with Crippen molar-refractivity contribution in [1.29, 1.82) is 0 Å². The second kappa shape index (κ2) is 14.1. The maximum Gasteiger partial charge on any atom is 0.320 e. The molecule has 6 nitrogen and oxygen atoms in total. The Bertz CT molecular complexity index is 1360. The summed E-state index contributed by atoms with van der Waals surface area (Å²) in [5.74, 6) is 0.473. The van der Waals surface area contributed by atoms with E-state index in [-0.39, 0.29) is 18.4 Å². The summed E-state index contributed by atoms with van der Waals surface area (Å²) >= 11 is 3.33. The van der Waals surface area contributed by atoms with Crippen LogP contribution in [0, 0.1) is 19.8 Å². The van der Waals surface area contributed by atoms with E-state index in [1.54, 1.807) is 23.1 Å². The molecule has 2 N–H and O–H groups in total. The standard InChI is InChI=1S/C33H40N2O4S2/c1-21-9-7-8-12-25(21)27-17-24(13-14-26(27)30-32(39-30)35-28(33(36)37)15-16-40-3)19-38-29(31-22(2)34-20-41-31)18-23-10-5-4-6-11-23/h5,7-10,12-14,17,20,23,28-30,32,35H,4,6,11,15-16,18-19H2,1-3H3,(H,36,37)/t23?,28-,29?,30?,32?/m0/s1. The highest BCUT2D eigenvalue weighted by atomic mass is 32.2. The smallest absolute Gasteiger partial charge is 0.320 e. The normalized spacial score (nSPS) is 21.5. The monoisotopic (exact) mass is 592 g/mol.